The molecule has 0 saturated carbocycles. The lowest BCUT2D eigenvalue weighted by molar-refractivity contribution is -0.144. The largest absolute Gasteiger partial charge is 0.480 e. The quantitative estimate of drug-likeness (QED) is 0.852. The van der Waals surface area contributed by atoms with Gasteiger partial charge in [-0.25, -0.2) is 9.78 Å². The number of aromatic nitrogens is 1. The molecule has 1 amide bonds. The highest BCUT2D eigenvalue weighted by Gasteiger charge is 2.35. The first-order chi connectivity index (χ1) is 9.38. The summed E-state index contributed by atoms with van der Waals surface area (Å²) in [5, 5.41) is 9.49. The van der Waals surface area contributed by atoms with Crippen LogP contribution in [0.1, 0.15) is 30.1 Å². The minimum absolute atomic E-state index is 0.109. The summed E-state index contributed by atoms with van der Waals surface area (Å²) < 4.78 is 0. The average Bonchev–Trinajstić information content (AvgIpc) is 2.36. The van der Waals surface area contributed by atoms with Crippen LogP contribution < -0.4 is 0 Å². The molecule has 0 aliphatic carbocycles. The first kappa shape index (κ1) is 15.1. The van der Waals surface area contributed by atoms with Crippen LogP contribution >= 0.6 is 23.2 Å². The molecule has 1 saturated heterocycles. The van der Waals surface area contributed by atoms with Crippen LogP contribution in [-0.2, 0) is 4.79 Å². The molecular formula is C13H14Cl2N2O3. The van der Waals surface area contributed by atoms with Gasteiger partial charge in [-0.2, -0.15) is 0 Å². The Bertz CT molecular complexity index is 530. The molecule has 1 aliphatic rings. The molecule has 1 aromatic heterocycles. The Hall–Kier alpha value is -1.33. The van der Waals surface area contributed by atoms with Crippen LogP contribution in [0.25, 0.3) is 0 Å². The Morgan fingerprint density at radius 3 is 2.50 bits per heavy atom. The van der Waals surface area contributed by atoms with Crippen molar-refractivity contribution in [1.82, 2.24) is 9.88 Å². The van der Waals surface area contributed by atoms with Gasteiger partial charge in [0.15, 0.2) is 0 Å². The van der Waals surface area contributed by atoms with E-state index in [9.17, 15) is 14.7 Å². The zero-order valence-corrected chi connectivity index (χ0v) is 12.4. The number of carboxylic acids is 1. The Kier molecular flexibility index (Phi) is 4.50. The summed E-state index contributed by atoms with van der Waals surface area (Å²) in [5.74, 6) is -1.09. The van der Waals surface area contributed by atoms with Gasteiger partial charge in [-0.05, 0) is 30.9 Å². The van der Waals surface area contributed by atoms with E-state index in [1.54, 1.807) is 0 Å². The Balaban J connectivity index is 2.28. The summed E-state index contributed by atoms with van der Waals surface area (Å²) in [5.41, 5.74) is 0.260. The van der Waals surface area contributed by atoms with Gasteiger partial charge in [0.25, 0.3) is 5.91 Å². The van der Waals surface area contributed by atoms with Crippen molar-refractivity contribution >= 4 is 35.1 Å². The molecule has 2 atom stereocenters. The second-order valence-corrected chi connectivity index (χ2v) is 5.76. The van der Waals surface area contributed by atoms with Gasteiger partial charge in [0.2, 0.25) is 0 Å². The first-order valence-corrected chi connectivity index (χ1v) is 7.01. The Labute approximate surface area is 126 Å². The number of carbonyl (C=O) groups is 2. The molecular weight excluding hydrogens is 303 g/mol. The number of carboxylic acid groups (broad SMARTS) is 1. The Morgan fingerprint density at radius 1 is 1.35 bits per heavy atom. The second-order valence-electron chi connectivity index (χ2n) is 4.98. The average molecular weight is 317 g/mol. The lowest BCUT2D eigenvalue weighted by Gasteiger charge is -2.36. The van der Waals surface area contributed by atoms with E-state index in [-0.39, 0.29) is 27.7 Å². The number of rotatable bonds is 2. The van der Waals surface area contributed by atoms with Crippen LogP contribution in [0.15, 0.2) is 12.1 Å². The van der Waals surface area contributed by atoms with Crippen LogP contribution in [0.2, 0.25) is 10.3 Å². The van der Waals surface area contributed by atoms with Gasteiger partial charge in [-0.15, -0.1) is 0 Å². The highest BCUT2D eigenvalue weighted by atomic mass is 35.5. The van der Waals surface area contributed by atoms with Crippen molar-refractivity contribution in [3.63, 3.8) is 0 Å². The molecule has 7 heteroatoms. The lowest BCUT2D eigenvalue weighted by Crippen LogP contribution is -2.49. The highest BCUT2D eigenvalue weighted by Crippen LogP contribution is 2.25. The molecule has 1 aliphatic heterocycles. The van der Waals surface area contributed by atoms with Gasteiger partial charge in [-0.1, -0.05) is 30.1 Å². The third kappa shape index (κ3) is 3.22. The van der Waals surface area contributed by atoms with Gasteiger partial charge >= 0.3 is 5.97 Å². The summed E-state index contributed by atoms with van der Waals surface area (Å²) in [4.78, 5) is 28.9. The minimum Gasteiger partial charge on any atom is -0.480 e. The van der Waals surface area contributed by atoms with Crippen molar-refractivity contribution in [2.75, 3.05) is 6.54 Å². The number of amides is 1. The van der Waals surface area contributed by atoms with E-state index in [4.69, 9.17) is 23.2 Å². The molecule has 5 nitrogen and oxygen atoms in total. The van der Waals surface area contributed by atoms with Crippen LogP contribution in [0.4, 0.5) is 0 Å². The molecule has 2 rings (SSSR count). The number of piperidine rings is 1. The van der Waals surface area contributed by atoms with Crippen molar-refractivity contribution < 1.29 is 14.7 Å². The van der Waals surface area contributed by atoms with Crippen molar-refractivity contribution in [2.45, 2.75) is 25.8 Å². The number of hydrogen-bond donors (Lipinski definition) is 1. The Morgan fingerprint density at radius 2 is 1.95 bits per heavy atom. The van der Waals surface area contributed by atoms with Crippen molar-refractivity contribution in [3.05, 3.63) is 28.0 Å². The maximum atomic E-state index is 12.4. The maximum Gasteiger partial charge on any atom is 0.326 e. The monoisotopic (exact) mass is 316 g/mol. The summed E-state index contributed by atoms with van der Waals surface area (Å²) in [6.07, 6.45) is 1.23. The fourth-order valence-electron chi connectivity index (χ4n) is 2.37. The lowest BCUT2D eigenvalue weighted by atomic mass is 9.92. The number of nitrogens with zero attached hydrogens (tertiary/aromatic N) is 2. The molecule has 0 aromatic carbocycles. The third-order valence-corrected chi connectivity index (χ3v) is 3.81. The van der Waals surface area contributed by atoms with Crippen LogP contribution in [-0.4, -0.2) is 39.5 Å². The van der Waals surface area contributed by atoms with E-state index < -0.39 is 12.0 Å². The molecule has 1 fully saturated rings. The zero-order valence-electron chi connectivity index (χ0n) is 10.8. The molecule has 0 radical (unpaired) electrons. The third-order valence-electron chi connectivity index (χ3n) is 3.42. The van der Waals surface area contributed by atoms with Gasteiger partial charge in [0.1, 0.15) is 16.3 Å². The normalized spacial score (nSPS) is 22.6. The fourth-order valence-corrected chi connectivity index (χ4v) is 2.83. The molecule has 2 heterocycles. The predicted octanol–water partition coefficient (Wildman–Crippen LogP) is 2.71. The minimum atomic E-state index is -0.990. The van der Waals surface area contributed by atoms with Crippen molar-refractivity contribution in [3.8, 4) is 0 Å². The van der Waals surface area contributed by atoms with Crippen molar-refractivity contribution in [1.29, 1.82) is 0 Å². The smallest absolute Gasteiger partial charge is 0.326 e. The summed E-state index contributed by atoms with van der Waals surface area (Å²) in [6.45, 7) is 2.40. The second kappa shape index (κ2) is 5.97. The number of aliphatic carboxylic acids is 1. The first-order valence-electron chi connectivity index (χ1n) is 6.25. The van der Waals surface area contributed by atoms with E-state index in [1.165, 1.54) is 17.0 Å². The van der Waals surface area contributed by atoms with Crippen LogP contribution in [0.3, 0.4) is 0 Å². The summed E-state index contributed by atoms with van der Waals surface area (Å²) in [7, 11) is 0. The standard InChI is InChI=1S/C13H14Cl2N2O3/c1-7-2-3-17(9(4-7)13(19)20)12(18)8-5-10(14)16-11(15)6-8/h5-7,9H,2-4H2,1H3,(H,19,20). The van der Waals surface area contributed by atoms with Gasteiger partial charge in [0, 0.05) is 12.1 Å². The van der Waals surface area contributed by atoms with E-state index in [0.717, 1.165) is 6.42 Å². The summed E-state index contributed by atoms with van der Waals surface area (Å²) >= 11 is 11.5. The number of hydrogen-bond acceptors (Lipinski definition) is 3. The van der Waals surface area contributed by atoms with E-state index in [0.29, 0.717) is 13.0 Å². The number of pyridine rings is 1. The molecule has 108 valence electrons. The molecule has 0 bridgehead atoms. The topological polar surface area (TPSA) is 70.5 Å². The van der Waals surface area contributed by atoms with Gasteiger partial charge in [-0.3, -0.25) is 4.79 Å². The molecule has 0 spiro atoms. The molecule has 1 aromatic rings. The number of likely N-dealkylation sites (tertiary alicyclic amines) is 1. The molecule has 2 unspecified atom stereocenters. The SMILES string of the molecule is CC1CCN(C(=O)c2cc(Cl)nc(Cl)c2)C(C(=O)O)C1. The van der Waals surface area contributed by atoms with E-state index >= 15 is 0 Å². The van der Waals surface area contributed by atoms with Crippen LogP contribution in [0, 0.1) is 5.92 Å². The van der Waals surface area contributed by atoms with Crippen molar-refractivity contribution in [2.24, 2.45) is 5.92 Å². The fraction of sp³-hybridized carbons (Fsp3) is 0.462. The van der Waals surface area contributed by atoms with E-state index in [2.05, 4.69) is 4.98 Å². The van der Waals surface area contributed by atoms with Gasteiger partial charge in [0.05, 0.1) is 0 Å². The zero-order chi connectivity index (χ0) is 14.9. The van der Waals surface area contributed by atoms with E-state index in [1.807, 2.05) is 6.92 Å². The highest BCUT2D eigenvalue weighted by molar-refractivity contribution is 6.33. The number of carbonyl (C=O) groups excluding carboxylic acids is 1. The summed E-state index contributed by atoms with van der Waals surface area (Å²) in [6, 6.07) is 1.98. The molecule has 20 heavy (non-hydrogen) atoms. The van der Waals surface area contributed by atoms with Crippen LogP contribution in [0.5, 0.6) is 0 Å². The molecule has 1 N–H and O–H groups in total. The number of halogens is 2. The van der Waals surface area contributed by atoms with Gasteiger partial charge < -0.3 is 10.0 Å². The predicted molar refractivity (Wildman–Crippen MR) is 75.1 cm³/mol. The maximum absolute atomic E-state index is 12.4.